The van der Waals surface area contributed by atoms with Gasteiger partial charge in [0.2, 0.25) is 5.91 Å². The van der Waals surface area contributed by atoms with Crippen LogP contribution in [-0.2, 0) is 11.3 Å². The van der Waals surface area contributed by atoms with Gasteiger partial charge in [-0.3, -0.25) is 14.6 Å². The number of halogens is 2. The van der Waals surface area contributed by atoms with Gasteiger partial charge in [-0.1, -0.05) is 48.6 Å². The fourth-order valence-corrected chi connectivity index (χ4v) is 4.63. The second-order valence-electron chi connectivity index (χ2n) is 8.69. The van der Waals surface area contributed by atoms with E-state index in [1.807, 2.05) is 6.07 Å². The highest BCUT2D eigenvalue weighted by molar-refractivity contribution is 5.76. The highest BCUT2D eigenvalue weighted by atomic mass is 19.2. The van der Waals surface area contributed by atoms with Gasteiger partial charge in [0, 0.05) is 58.3 Å². The number of nitrogens with zero attached hydrogens (tertiary/aromatic N) is 3. The van der Waals surface area contributed by atoms with Crippen LogP contribution in [0.3, 0.4) is 0 Å². The summed E-state index contributed by atoms with van der Waals surface area (Å²) in [5.41, 5.74) is 1.86. The molecule has 0 N–H and O–H groups in total. The van der Waals surface area contributed by atoms with Crippen LogP contribution < -0.4 is 0 Å². The van der Waals surface area contributed by atoms with E-state index in [0.29, 0.717) is 31.1 Å². The maximum atomic E-state index is 13.5. The Hall–Kier alpha value is -2.57. The van der Waals surface area contributed by atoms with E-state index < -0.39 is 11.6 Å². The van der Waals surface area contributed by atoms with Crippen molar-refractivity contribution in [1.29, 1.82) is 0 Å². The highest BCUT2D eigenvalue weighted by Gasteiger charge is 2.28. The molecule has 0 aromatic heterocycles. The molecule has 1 atom stereocenters. The molecule has 2 saturated heterocycles. The summed E-state index contributed by atoms with van der Waals surface area (Å²) in [4.78, 5) is 19.4. The Balaban J connectivity index is 1.24. The molecule has 1 unspecified atom stereocenters. The highest BCUT2D eigenvalue weighted by Crippen LogP contribution is 2.21. The standard InChI is InChI=1S/C26H31F2N3O/c27-24-10-8-22(19-25(24)28)20-31-14-12-23(9-11-26(31)32)30-17-15-29(16-18-30)13-4-7-21-5-2-1-3-6-21/h1-8,10,19,23H,9,11-18,20H2. The number of carbonyl (C=O) groups excluding carboxylic acids is 1. The minimum absolute atomic E-state index is 0.0990. The Morgan fingerprint density at radius 2 is 1.69 bits per heavy atom. The number of likely N-dealkylation sites (tertiary alicyclic amines) is 1. The molecule has 32 heavy (non-hydrogen) atoms. The van der Waals surface area contributed by atoms with Gasteiger partial charge in [-0.25, -0.2) is 8.78 Å². The van der Waals surface area contributed by atoms with Gasteiger partial charge in [-0.2, -0.15) is 0 Å². The normalized spacial score (nSPS) is 21.2. The average Bonchev–Trinajstić information content (AvgIpc) is 2.99. The van der Waals surface area contributed by atoms with Crippen molar-refractivity contribution in [3.05, 3.63) is 77.4 Å². The van der Waals surface area contributed by atoms with Crippen molar-refractivity contribution >= 4 is 12.0 Å². The van der Waals surface area contributed by atoms with Crippen molar-refractivity contribution in [3.63, 3.8) is 0 Å². The Morgan fingerprint density at radius 3 is 2.44 bits per heavy atom. The van der Waals surface area contributed by atoms with Gasteiger partial charge >= 0.3 is 0 Å². The molecule has 0 bridgehead atoms. The molecule has 2 aliphatic rings. The molecule has 6 heteroatoms. The molecule has 4 nitrogen and oxygen atoms in total. The predicted molar refractivity (Wildman–Crippen MR) is 123 cm³/mol. The summed E-state index contributed by atoms with van der Waals surface area (Å²) in [7, 11) is 0. The zero-order chi connectivity index (χ0) is 22.3. The summed E-state index contributed by atoms with van der Waals surface area (Å²) >= 11 is 0. The monoisotopic (exact) mass is 439 g/mol. The van der Waals surface area contributed by atoms with E-state index in [2.05, 4.69) is 46.2 Å². The first-order chi connectivity index (χ1) is 15.6. The zero-order valence-electron chi connectivity index (χ0n) is 18.4. The van der Waals surface area contributed by atoms with Gasteiger partial charge in [0.1, 0.15) is 0 Å². The summed E-state index contributed by atoms with van der Waals surface area (Å²) in [5, 5.41) is 0. The summed E-state index contributed by atoms with van der Waals surface area (Å²) in [6.07, 6.45) is 6.69. The third-order valence-electron chi connectivity index (χ3n) is 6.53. The van der Waals surface area contributed by atoms with Crippen LogP contribution >= 0.6 is 0 Å². The average molecular weight is 440 g/mol. The summed E-state index contributed by atoms with van der Waals surface area (Å²) < 4.78 is 26.7. The lowest BCUT2D eigenvalue weighted by Gasteiger charge is -2.38. The molecule has 2 fully saturated rings. The van der Waals surface area contributed by atoms with Gasteiger partial charge in [-0.15, -0.1) is 0 Å². The van der Waals surface area contributed by atoms with Crippen LogP contribution in [0.1, 0.15) is 30.4 Å². The molecular formula is C26H31F2N3O. The van der Waals surface area contributed by atoms with Gasteiger partial charge in [0.15, 0.2) is 11.6 Å². The molecule has 0 spiro atoms. The molecule has 0 radical (unpaired) electrons. The van der Waals surface area contributed by atoms with Crippen LogP contribution in [0.15, 0.2) is 54.6 Å². The lowest BCUT2D eigenvalue weighted by Crippen LogP contribution is -2.50. The number of carbonyl (C=O) groups is 1. The van der Waals surface area contributed by atoms with E-state index in [-0.39, 0.29) is 5.91 Å². The van der Waals surface area contributed by atoms with Crippen molar-refractivity contribution in [1.82, 2.24) is 14.7 Å². The van der Waals surface area contributed by atoms with E-state index in [9.17, 15) is 13.6 Å². The van der Waals surface area contributed by atoms with Crippen molar-refractivity contribution in [2.75, 3.05) is 39.3 Å². The first-order valence-corrected chi connectivity index (χ1v) is 11.5. The van der Waals surface area contributed by atoms with Crippen LogP contribution in [-0.4, -0.2) is 65.9 Å². The van der Waals surface area contributed by atoms with E-state index in [0.717, 1.165) is 51.6 Å². The maximum absolute atomic E-state index is 13.5. The van der Waals surface area contributed by atoms with Crippen LogP contribution in [0.2, 0.25) is 0 Å². The second kappa shape index (κ2) is 10.8. The predicted octanol–water partition coefficient (Wildman–Crippen LogP) is 4.18. The Labute approximate surface area is 189 Å². The van der Waals surface area contributed by atoms with Gasteiger partial charge in [-0.05, 0) is 36.1 Å². The number of rotatable bonds is 6. The molecule has 2 aliphatic heterocycles. The van der Waals surface area contributed by atoms with E-state index >= 15 is 0 Å². The van der Waals surface area contributed by atoms with Crippen LogP contribution in [0.4, 0.5) is 8.78 Å². The summed E-state index contributed by atoms with van der Waals surface area (Å²) in [6, 6.07) is 14.6. The SMILES string of the molecule is O=C1CCC(N2CCN(CC=Cc3ccccc3)CC2)CCN1Cc1ccc(F)c(F)c1. The minimum Gasteiger partial charge on any atom is -0.338 e. The number of benzene rings is 2. The van der Waals surface area contributed by atoms with Gasteiger partial charge < -0.3 is 4.90 Å². The molecule has 2 aromatic carbocycles. The van der Waals surface area contributed by atoms with Crippen LogP contribution in [0.25, 0.3) is 6.08 Å². The van der Waals surface area contributed by atoms with E-state index in [4.69, 9.17) is 0 Å². The van der Waals surface area contributed by atoms with Crippen LogP contribution in [0, 0.1) is 11.6 Å². The zero-order valence-corrected chi connectivity index (χ0v) is 18.4. The number of hydrogen-bond donors (Lipinski definition) is 0. The maximum Gasteiger partial charge on any atom is 0.222 e. The van der Waals surface area contributed by atoms with Gasteiger partial charge in [0.25, 0.3) is 0 Å². The first kappa shape index (κ1) is 22.6. The fourth-order valence-electron chi connectivity index (χ4n) is 4.63. The molecular weight excluding hydrogens is 408 g/mol. The third kappa shape index (κ3) is 6.02. The topological polar surface area (TPSA) is 26.8 Å². The minimum atomic E-state index is -0.862. The van der Waals surface area contributed by atoms with Crippen molar-refractivity contribution in [3.8, 4) is 0 Å². The van der Waals surface area contributed by atoms with Crippen molar-refractivity contribution < 1.29 is 13.6 Å². The third-order valence-corrected chi connectivity index (χ3v) is 6.53. The molecule has 1 amide bonds. The summed E-state index contributed by atoms with van der Waals surface area (Å²) in [6.45, 7) is 6.04. The fraction of sp³-hybridized carbons (Fsp3) is 0.423. The smallest absolute Gasteiger partial charge is 0.222 e. The number of hydrogen-bond acceptors (Lipinski definition) is 3. The molecule has 170 valence electrons. The molecule has 2 heterocycles. The quantitative estimate of drug-likeness (QED) is 0.676. The van der Waals surface area contributed by atoms with Crippen molar-refractivity contribution in [2.45, 2.75) is 31.8 Å². The summed E-state index contributed by atoms with van der Waals surface area (Å²) in [5.74, 6) is -1.62. The number of piperazine rings is 1. The molecule has 0 saturated carbocycles. The molecule has 4 rings (SSSR count). The lowest BCUT2D eigenvalue weighted by molar-refractivity contribution is -0.131. The second-order valence-corrected chi connectivity index (χ2v) is 8.69. The number of amides is 1. The Kier molecular flexibility index (Phi) is 7.66. The molecule has 2 aromatic rings. The Bertz CT molecular complexity index is 926. The van der Waals surface area contributed by atoms with Crippen LogP contribution in [0.5, 0.6) is 0 Å². The molecule has 0 aliphatic carbocycles. The van der Waals surface area contributed by atoms with Crippen molar-refractivity contribution in [2.24, 2.45) is 0 Å². The Morgan fingerprint density at radius 1 is 0.906 bits per heavy atom. The van der Waals surface area contributed by atoms with Gasteiger partial charge in [0.05, 0.1) is 0 Å². The van der Waals surface area contributed by atoms with E-state index in [1.165, 1.54) is 11.6 Å². The first-order valence-electron chi connectivity index (χ1n) is 11.5. The lowest BCUT2D eigenvalue weighted by atomic mass is 10.1. The van der Waals surface area contributed by atoms with E-state index in [1.54, 1.807) is 11.0 Å². The largest absolute Gasteiger partial charge is 0.338 e.